The number of furan rings is 1. The van der Waals surface area contributed by atoms with E-state index in [9.17, 15) is 14.4 Å². The van der Waals surface area contributed by atoms with Crippen LogP contribution in [0.4, 0.5) is 9.39 Å². The maximum Gasteiger partial charge on any atom is 0.292 e. The highest BCUT2D eigenvalue weighted by molar-refractivity contribution is 7.16. The summed E-state index contributed by atoms with van der Waals surface area (Å²) >= 11 is 1.48. The maximum absolute atomic E-state index is 13.0. The minimum Gasteiger partial charge on any atom is -0.451 e. The molecule has 3 aromatic rings. The summed E-state index contributed by atoms with van der Waals surface area (Å²) in [6.07, 6.45) is 4.04. The monoisotopic (exact) mass is 366 g/mol. The van der Waals surface area contributed by atoms with Crippen LogP contribution in [-0.4, -0.2) is 5.91 Å². The van der Waals surface area contributed by atoms with Gasteiger partial charge in [-0.15, -0.1) is 11.3 Å². The molecular weight excluding hydrogens is 351 g/mol. The summed E-state index contributed by atoms with van der Waals surface area (Å²) in [5, 5.41) is 12.9. The Balaban J connectivity index is 1.57. The number of carbonyl (C=O) groups is 1. The van der Waals surface area contributed by atoms with E-state index < -0.39 is 5.91 Å². The van der Waals surface area contributed by atoms with Crippen molar-refractivity contribution in [2.45, 2.75) is 25.7 Å². The van der Waals surface area contributed by atoms with Crippen LogP contribution in [0.15, 0.2) is 40.8 Å². The van der Waals surface area contributed by atoms with Crippen molar-refractivity contribution in [3.63, 3.8) is 0 Å². The van der Waals surface area contributed by atoms with Crippen molar-refractivity contribution in [3.05, 3.63) is 64.0 Å². The summed E-state index contributed by atoms with van der Waals surface area (Å²) < 4.78 is 18.6. The van der Waals surface area contributed by atoms with Crippen LogP contribution >= 0.6 is 11.3 Å². The number of nitrogens with one attached hydrogen (secondary N) is 1. The zero-order valence-corrected chi connectivity index (χ0v) is 14.7. The fourth-order valence-electron chi connectivity index (χ4n) is 3.17. The molecule has 0 fully saturated rings. The van der Waals surface area contributed by atoms with E-state index in [1.165, 1.54) is 28.3 Å². The molecule has 0 unspecified atom stereocenters. The molecule has 1 aliphatic carbocycles. The highest BCUT2D eigenvalue weighted by Gasteiger charge is 2.23. The molecule has 0 aliphatic heterocycles. The van der Waals surface area contributed by atoms with E-state index >= 15 is 0 Å². The lowest BCUT2D eigenvalue weighted by molar-refractivity contribution is 0.0998. The van der Waals surface area contributed by atoms with Gasteiger partial charge >= 0.3 is 0 Å². The third-order valence-electron chi connectivity index (χ3n) is 4.47. The summed E-state index contributed by atoms with van der Waals surface area (Å²) in [6, 6.07) is 11.3. The van der Waals surface area contributed by atoms with Gasteiger partial charge in [-0.1, -0.05) is 0 Å². The predicted octanol–water partition coefficient (Wildman–Crippen LogP) is 5.15. The molecule has 4 nitrogen and oxygen atoms in total. The second-order valence-corrected chi connectivity index (χ2v) is 7.26. The minimum atomic E-state index is -0.395. The van der Waals surface area contributed by atoms with Crippen molar-refractivity contribution >= 4 is 22.2 Å². The topological polar surface area (TPSA) is 66.0 Å². The van der Waals surface area contributed by atoms with E-state index in [0.29, 0.717) is 21.9 Å². The number of thiophene rings is 1. The van der Waals surface area contributed by atoms with Crippen LogP contribution in [0.25, 0.3) is 11.3 Å². The minimum absolute atomic E-state index is 0.152. The lowest BCUT2D eigenvalue weighted by atomic mass is 9.96. The lowest BCUT2D eigenvalue weighted by Gasteiger charge is -2.09. The van der Waals surface area contributed by atoms with Crippen molar-refractivity contribution in [1.29, 1.82) is 5.26 Å². The number of aryl methyl sites for hydroxylation is 1. The van der Waals surface area contributed by atoms with Crippen molar-refractivity contribution < 1.29 is 13.6 Å². The molecule has 0 saturated carbocycles. The van der Waals surface area contributed by atoms with Gasteiger partial charge in [0.25, 0.3) is 5.91 Å². The summed E-state index contributed by atoms with van der Waals surface area (Å²) in [5.74, 6) is -0.0851. The zero-order valence-electron chi connectivity index (χ0n) is 13.8. The van der Waals surface area contributed by atoms with Crippen molar-refractivity contribution in [3.8, 4) is 17.4 Å². The molecule has 6 heteroatoms. The molecule has 1 aliphatic rings. The molecule has 2 heterocycles. The van der Waals surface area contributed by atoms with Crippen molar-refractivity contribution in [2.24, 2.45) is 0 Å². The molecule has 1 aromatic carbocycles. The first-order valence-corrected chi connectivity index (χ1v) is 9.19. The number of anilines is 1. The number of halogens is 1. The Hall–Kier alpha value is -2.91. The highest BCUT2D eigenvalue weighted by atomic mass is 32.1. The third-order valence-corrected chi connectivity index (χ3v) is 5.68. The molecule has 0 bridgehead atoms. The Morgan fingerprint density at radius 1 is 1.15 bits per heavy atom. The van der Waals surface area contributed by atoms with E-state index in [0.717, 1.165) is 31.2 Å². The smallest absolute Gasteiger partial charge is 0.292 e. The predicted molar refractivity (Wildman–Crippen MR) is 97.7 cm³/mol. The number of amides is 1. The lowest BCUT2D eigenvalue weighted by Crippen LogP contribution is -2.10. The van der Waals surface area contributed by atoms with Crippen LogP contribution < -0.4 is 5.32 Å². The second-order valence-electron chi connectivity index (χ2n) is 6.15. The van der Waals surface area contributed by atoms with Crippen molar-refractivity contribution in [2.75, 3.05) is 5.32 Å². The fraction of sp³-hybridized carbons (Fsp3) is 0.200. The Morgan fingerprint density at radius 2 is 1.92 bits per heavy atom. The van der Waals surface area contributed by atoms with Gasteiger partial charge in [-0.3, -0.25) is 4.79 Å². The second kappa shape index (κ2) is 6.77. The first-order valence-electron chi connectivity index (χ1n) is 8.37. The molecule has 0 spiro atoms. The Kier molecular flexibility index (Phi) is 4.31. The number of nitrogens with zero attached hydrogens (tertiary/aromatic N) is 1. The molecule has 26 heavy (non-hydrogen) atoms. The van der Waals surface area contributed by atoms with Gasteiger partial charge in [0, 0.05) is 10.4 Å². The quantitative estimate of drug-likeness (QED) is 0.697. The SMILES string of the molecule is N#Cc1c(NC(=O)c2ccc(-c3ccc(F)cc3)o2)sc2c1CCCC2. The summed E-state index contributed by atoms with van der Waals surface area (Å²) in [6.45, 7) is 0. The standard InChI is InChI=1S/C20H15FN2O2S/c21-13-7-5-12(6-8-13)16-9-10-17(25-16)19(24)23-20-15(11-22)14-3-1-2-4-18(14)26-20/h5-10H,1-4H2,(H,23,24). The van der Waals surface area contributed by atoms with Crippen molar-refractivity contribution in [1.82, 2.24) is 0 Å². The molecule has 0 radical (unpaired) electrons. The molecule has 1 amide bonds. The Bertz CT molecular complexity index is 1010. The number of benzene rings is 1. The van der Waals surface area contributed by atoms with Gasteiger partial charge in [-0.2, -0.15) is 5.26 Å². The average molecular weight is 366 g/mol. The van der Waals surface area contributed by atoms with Crippen LogP contribution in [0.2, 0.25) is 0 Å². The number of fused-ring (bicyclic) bond motifs is 1. The number of hydrogen-bond acceptors (Lipinski definition) is 4. The largest absolute Gasteiger partial charge is 0.451 e. The van der Waals surface area contributed by atoms with Crippen LogP contribution in [0.5, 0.6) is 0 Å². The molecule has 2 aromatic heterocycles. The van der Waals surface area contributed by atoms with Crippen LogP contribution in [0.1, 0.15) is 39.4 Å². The number of nitriles is 1. The molecule has 0 saturated heterocycles. The first kappa shape index (κ1) is 16.6. The van der Waals surface area contributed by atoms with Gasteiger partial charge in [0.05, 0.1) is 5.56 Å². The molecule has 1 N–H and O–H groups in total. The first-order chi connectivity index (χ1) is 12.7. The Morgan fingerprint density at radius 3 is 2.69 bits per heavy atom. The van der Waals surface area contributed by atoms with E-state index in [-0.39, 0.29) is 11.6 Å². The molecule has 130 valence electrons. The number of rotatable bonds is 3. The molecule has 4 rings (SSSR count). The van der Waals surface area contributed by atoms with Gasteiger partial charge in [-0.05, 0) is 67.6 Å². The van der Waals surface area contributed by atoms with Crippen LogP contribution in [0.3, 0.4) is 0 Å². The summed E-state index contributed by atoms with van der Waals surface area (Å²) in [7, 11) is 0. The maximum atomic E-state index is 13.0. The summed E-state index contributed by atoms with van der Waals surface area (Å²) in [5.41, 5.74) is 2.34. The van der Waals surface area contributed by atoms with E-state index in [4.69, 9.17) is 4.42 Å². The average Bonchev–Trinajstić information content (AvgIpc) is 3.26. The third kappa shape index (κ3) is 3.02. The number of carbonyl (C=O) groups excluding carboxylic acids is 1. The van der Waals surface area contributed by atoms with Gasteiger partial charge in [0.15, 0.2) is 5.76 Å². The molecule has 0 atom stereocenters. The van der Waals surface area contributed by atoms with Gasteiger partial charge in [0.2, 0.25) is 0 Å². The summed E-state index contributed by atoms with van der Waals surface area (Å²) in [4.78, 5) is 13.7. The zero-order chi connectivity index (χ0) is 18.1. The molecular formula is C20H15FN2O2S. The van der Waals surface area contributed by atoms with Gasteiger partial charge in [-0.25, -0.2) is 4.39 Å². The normalized spacial score (nSPS) is 13.1. The Labute approximate surface area is 153 Å². The van der Waals surface area contributed by atoms with Crippen LogP contribution in [0, 0.1) is 17.1 Å². The highest BCUT2D eigenvalue weighted by Crippen LogP contribution is 2.38. The van der Waals surface area contributed by atoms with E-state index in [1.807, 2.05) is 0 Å². The van der Waals surface area contributed by atoms with Gasteiger partial charge in [0.1, 0.15) is 22.6 Å². The fourth-order valence-corrected chi connectivity index (χ4v) is 4.40. The van der Waals surface area contributed by atoms with E-state index in [2.05, 4.69) is 11.4 Å². The number of hydrogen-bond donors (Lipinski definition) is 1. The van der Waals surface area contributed by atoms with Crippen LogP contribution in [-0.2, 0) is 12.8 Å². The van der Waals surface area contributed by atoms with Gasteiger partial charge < -0.3 is 9.73 Å². The van der Waals surface area contributed by atoms with E-state index in [1.54, 1.807) is 24.3 Å².